The monoisotopic (exact) mass is 223 g/mol. The highest BCUT2D eigenvalue weighted by Gasteiger charge is 2.13. The summed E-state index contributed by atoms with van der Waals surface area (Å²) in [7, 11) is 3.88. The Morgan fingerprint density at radius 3 is 2.88 bits per heavy atom. The summed E-state index contributed by atoms with van der Waals surface area (Å²) in [6.07, 6.45) is 1.48. The third-order valence-corrected chi connectivity index (χ3v) is 2.44. The summed E-state index contributed by atoms with van der Waals surface area (Å²) in [5.41, 5.74) is 0.0634. The Hall–Kier alpha value is -1.62. The quantitative estimate of drug-likeness (QED) is 0.778. The van der Waals surface area contributed by atoms with Gasteiger partial charge >= 0.3 is 0 Å². The minimum atomic E-state index is -0.355. The molecule has 1 heterocycles. The SMILES string of the molecule is CC(CNC(=O)c1ncccc1O)N(C)C. The first-order valence-corrected chi connectivity index (χ1v) is 5.11. The fourth-order valence-electron chi connectivity index (χ4n) is 1.08. The van der Waals surface area contributed by atoms with E-state index in [-0.39, 0.29) is 23.4 Å². The minimum absolute atomic E-state index is 0.0634. The summed E-state index contributed by atoms with van der Waals surface area (Å²) in [6.45, 7) is 2.51. The molecule has 1 aromatic rings. The van der Waals surface area contributed by atoms with Crippen LogP contribution in [0, 0.1) is 0 Å². The predicted octanol–water partition coefficient (Wildman–Crippen LogP) is 0.467. The van der Waals surface area contributed by atoms with Crippen LogP contribution in [0.25, 0.3) is 0 Å². The van der Waals surface area contributed by atoms with Crippen LogP contribution in [-0.2, 0) is 0 Å². The Morgan fingerprint density at radius 1 is 1.62 bits per heavy atom. The first kappa shape index (κ1) is 12.4. The molecule has 16 heavy (non-hydrogen) atoms. The number of nitrogens with zero attached hydrogens (tertiary/aromatic N) is 2. The molecule has 0 aliphatic heterocycles. The molecule has 5 heteroatoms. The number of aromatic hydroxyl groups is 1. The fourth-order valence-corrected chi connectivity index (χ4v) is 1.08. The van der Waals surface area contributed by atoms with E-state index in [0.29, 0.717) is 6.54 Å². The zero-order valence-corrected chi connectivity index (χ0v) is 9.77. The number of amides is 1. The number of hydrogen-bond acceptors (Lipinski definition) is 4. The summed E-state index contributed by atoms with van der Waals surface area (Å²) in [6, 6.07) is 3.25. The Labute approximate surface area is 95.1 Å². The molecule has 5 nitrogen and oxygen atoms in total. The molecule has 0 saturated carbocycles. The maximum atomic E-state index is 11.6. The molecule has 1 amide bonds. The Bertz CT molecular complexity index is 366. The van der Waals surface area contributed by atoms with E-state index in [1.807, 2.05) is 25.9 Å². The molecule has 0 aromatic carbocycles. The van der Waals surface area contributed by atoms with Gasteiger partial charge in [-0.2, -0.15) is 0 Å². The first-order valence-electron chi connectivity index (χ1n) is 5.11. The van der Waals surface area contributed by atoms with E-state index in [1.165, 1.54) is 12.3 Å². The van der Waals surface area contributed by atoms with Gasteiger partial charge in [0.2, 0.25) is 0 Å². The number of carbonyl (C=O) groups excluding carboxylic acids is 1. The number of hydrogen-bond donors (Lipinski definition) is 2. The number of rotatable bonds is 4. The zero-order chi connectivity index (χ0) is 12.1. The van der Waals surface area contributed by atoms with Gasteiger partial charge in [-0.25, -0.2) is 4.98 Å². The normalized spacial score (nSPS) is 12.5. The molecular weight excluding hydrogens is 206 g/mol. The Kier molecular flexibility index (Phi) is 4.25. The maximum Gasteiger partial charge on any atom is 0.273 e. The van der Waals surface area contributed by atoms with Crippen molar-refractivity contribution in [3.63, 3.8) is 0 Å². The van der Waals surface area contributed by atoms with Crippen LogP contribution >= 0.6 is 0 Å². The van der Waals surface area contributed by atoms with Gasteiger partial charge in [0.1, 0.15) is 5.75 Å². The van der Waals surface area contributed by atoms with Gasteiger partial charge in [0.05, 0.1) is 0 Å². The summed E-state index contributed by atoms with van der Waals surface area (Å²) < 4.78 is 0. The average molecular weight is 223 g/mol. The van der Waals surface area contributed by atoms with E-state index in [1.54, 1.807) is 6.07 Å². The smallest absolute Gasteiger partial charge is 0.273 e. The first-order chi connectivity index (χ1) is 7.52. The molecule has 0 saturated heterocycles. The molecule has 1 aromatic heterocycles. The predicted molar refractivity (Wildman–Crippen MR) is 61.4 cm³/mol. The molecule has 2 N–H and O–H groups in total. The Balaban J connectivity index is 2.57. The lowest BCUT2D eigenvalue weighted by atomic mass is 10.2. The largest absolute Gasteiger partial charge is 0.505 e. The topological polar surface area (TPSA) is 65.5 Å². The van der Waals surface area contributed by atoms with Gasteiger partial charge in [0, 0.05) is 18.8 Å². The highest BCUT2D eigenvalue weighted by Crippen LogP contribution is 2.11. The molecule has 0 aliphatic rings. The average Bonchev–Trinajstić information content (AvgIpc) is 2.25. The van der Waals surface area contributed by atoms with Gasteiger partial charge in [-0.1, -0.05) is 0 Å². The molecule has 0 radical (unpaired) electrons. The minimum Gasteiger partial charge on any atom is -0.505 e. The van der Waals surface area contributed by atoms with Gasteiger partial charge in [0.15, 0.2) is 5.69 Å². The van der Waals surface area contributed by atoms with Crippen molar-refractivity contribution in [2.24, 2.45) is 0 Å². The molecule has 1 atom stereocenters. The summed E-state index contributed by atoms with van der Waals surface area (Å²) >= 11 is 0. The van der Waals surface area contributed by atoms with Crippen LogP contribution < -0.4 is 5.32 Å². The number of likely N-dealkylation sites (N-methyl/N-ethyl adjacent to an activating group) is 1. The van der Waals surface area contributed by atoms with Crippen LogP contribution in [0.1, 0.15) is 17.4 Å². The van der Waals surface area contributed by atoms with Crippen LogP contribution in [-0.4, -0.2) is 47.6 Å². The van der Waals surface area contributed by atoms with Gasteiger partial charge in [0.25, 0.3) is 5.91 Å². The van der Waals surface area contributed by atoms with E-state index in [9.17, 15) is 9.90 Å². The van der Waals surface area contributed by atoms with Gasteiger partial charge in [-0.3, -0.25) is 4.79 Å². The number of aromatic nitrogens is 1. The lowest BCUT2D eigenvalue weighted by Gasteiger charge is -2.19. The van der Waals surface area contributed by atoms with E-state index < -0.39 is 0 Å². The molecule has 0 bridgehead atoms. The second-order valence-electron chi connectivity index (χ2n) is 3.89. The molecule has 1 unspecified atom stereocenters. The van der Waals surface area contributed by atoms with E-state index >= 15 is 0 Å². The van der Waals surface area contributed by atoms with Crippen molar-refractivity contribution >= 4 is 5.91 Å². The van der Waals surface area contributed by atoms with Crippen LogP contribution in [0.3, 0.4) is 0 Å². The standard InChI is InChI=1S/C11H17N3O2/c1-8(14(2)3)7-13-11(16)10-9(15)5-4-6-12-10/h4-6,8,15H,7H2,1-3H3,(H,13,16). The third-order valence-electron chi connectivity index (χ3n) is 2.44. The molecule has 0 aliphatic carbocycles. The number of nitrogens with one attached hydrogen (secondary N) is 1. The number of pyridine rings is 1. The van der Waals surface area contributed by atoms with Crippen LogP contribution in [0.4, 0.5) is 0 Å². The van der Waals surface area contributed by atoms with Crippen molar-refractivity contribution in [1.29, 1.82) is 0 Å². The van der Waals surface area contributed by atoms with Crippen LogP contribution in [0.15, 0.2) is 18.3 Å². The zero-order valence-electron chi connectivity index (χ0n) is 9.77. The van der Waals surface area contributed by atoms with Crippen molar-refractivity contribution < 1.29 is 9.90 Å². The second kappa shape index (κ2) is 5.46. The molecule has 0 spiro atoms. The second-order valence-corrected chi connectivity index (χ2v) is 3.89. The Morgan fingerprint density at radius 2 is 2.31 bits per heavy atom. The van der Waals surface area contributed by atoms with Crippen LogP contribution in [0.5, 0.6) is 5.75 Å². The van der Waals surface area contributed by atoms with Gasteiger partial charge < -0.3 is 15.3 Å². The van der Waals surface area contributed by atoms with Crippen molar-refractivity contribution in [2.75, 3.05) is 20.6 Å². The van der Waals surface area contributed by atoms with E-state index in [2.05, 4.69) is 10.3 Å². The van der Waals surface area contributed by atoms with Crippen molar-refractivity contribution in [2.45, 2.75) is 13.0 Å². The lowest BCUT2D eigenvalue weighted by Crippen LogP contribution is -2.38. The molecule has 1 rings (SSSR count). The third kappa shape index (κ3) is 3.20. The molecular formula is C11H17N3O2. The molecule has 0 fully saturated rings. The molecule has 88 valence electrons. The van der Waals surface area contributed by atoms with E-state index in [4.69, 9.17) is 0 Å². The highest BCUT2D eigenvalue weighted by molar-refractivity contribution is 5.94. The summed E-state index contributed by atoms with van der Waals surface area (Å²) in [5, 5.41) is 12.1. The van der Waals surface area contributed by atoms with Crippen molar-refractivity contribution in [1.82, 2.24) is 15.2 Å². The van der Waals surface area contributed by atoms with E-state index in [0.717, 1.165) is 0 Å². The number of carbonyl (C=O) groups is 1. The van der Waals surface area contributed by atoms with Gasteiger partial charge in [-0.15, -0.1) is 0 Å². The summed E-state index contributed by atoms with van der Waals surface area (Å²) in [4.78, 5) is 17.5. The summed E-state index contributed by atoms with van der Waals surface area (Å²) in [5.74, 6) is -0.454. The fraction of sp³-hybridized carbons (Fsp3) is 0.455. The lowest BCUT2D eigenvalue weighted by molar-refractivity contribution is 0.0935. The van der Waals surface area contributed by atoms with Crippen molar-refractivity contribution in [3.8, 4) is 5.75 Å². The van der Waals surface area contributed by atoms with Gasteiger partial charge in [-0.05, 0) is 33.2 Å². The van der Waals surface area contributed by atoms with Crippen molar-refractivity contribution in [3.05, 3.63) is 24.0 Å². The maximum absolute atomic E-state index is 11.6. The van der Waals surface area contributed by atoms with Crippen LogP contribution in [0.2, 0.25) is 0 Å². The highest BCUT2D eigenvalue weighted by atomic mass is 16.3.